The zero-order valence-electron chi connectivity index (χ0n) is 9.20. The second kappa shape index (κ2) is 4.45. The maximum Gasteiger partial charge on any atom is 0.393 e. The molecule has 1 amide bonds. The molecule has 2 aliphatic heterocycles. The SMILES string of the molecule is O=C(C1CNC1)N1CC(CO)C(C(F)(F)F)C1. The molecule has 2 rings (SSSR count). The summed E-state index contributed by atoms with van der Waals surface area (Å²) in [5.74, 6) is -2.90. The summed E-state index contributed by atoms with van der Waals surface area (Å²) in [5, 5.41) is 11.9. The number of carbonyl (C=O) groups excluding carboxylic acids is 1. The predicted octanol–water partition coefficient (Wildman–Crippen LogP) is -0.165. The fourth-order valence-electron chi connectivity index (χ4n) is 2.33. The van der Waals surface area contributed by atoms with Crippen LogP contribution < -0.4 is 5.32 Å². The Morgan fingerprint density at radius 3 is 2.35 bits per heavy atom. The van der Waals surface area contributed by atoms with Crippen LogP contribution in [0.3, 0.4) is 0 Å². The van der Waals surface area contributed by atoms with Crippen LogP contribution in [0.4, 0.5) is 13.2 Å². The standard InChI is InChI=1S/C10H15F3N2O2/c11-10(12,13)8-4-15(3-7(8)5-16)9(17)6-1-14-2-6/h6-8,14,16H,1-5H2. The van der Waals surface area contributed by atoms with Gasteiger partial charge in [0.05, 0.1) is 11.8 Å². The number of nitrogens with zero attached hydrogens (tertiary/aromatic N) is 1. The van der Waals surface area contributed by atoms with Crippen LogP contribution in [0.25, 0.3) is 0 Å². The molecule has 2 aliphatic rings. The van der Waals surface area contributed by atoms with Crippen LogP contribution >= 0.6 is 0 Å². The molecule has 0 bridgehead atoms. The number of alkyl halides is 3. The van der Waals surface area contributed by atoms with E-state index in [0.29, 0.717) is 13.1 Å². The summed E-state index contributed by atoms with van der Waals surface area (Å²) >= 11 is 0. The Labute approximate surface area is 96.8 Å². The average Bonchev–Trinajstić information content (AvgIpc) is 2.57. The first kappa shape index (κ1) is 12.6. The van der Waals surface area contributed by atoms with E-state index in [1.54, 1.807) is 0 Å². The highest BCUT2D eigenvalue weighted by atomic mass is 19.4. The van der Waals surface area contributed by atoms with E-state index in [4.69, 9.17) is 5.11 Å². The molecule has 0 spiro atoms. The largest absolute Gasteiger partial charge is 0.396 e. The van der Waals surface area contributed by atoms with Gasteiger partial charge >= 0.3 is 6.18 Å². The van der Waals surface area contributed by atoms with Crippen LogP contribution in [-0.4, -0.2) is 54.9 Å². The highest BCUT2D eigenvalue weighted by molar-refractivity contribution is 5.80. The number of aliphatic hydroxyl groups is 1. The molecule has 2 N–H and O–H groups in total. The van der Waals surface area contributed by atoms with E-state index >= 15 is 0 Å². The van der Waals surface area contributed by atoms with E-state index in [2.05, 4.69) is 5.32 Å². The Balaban J connectivity index is 2.01. The third kappa shape index (κ3) is 2.40. The molecule has 0 saturated carbocycles. The molecule has 98 valence electrons. The van der Waals surface area contributed by atoms with Crippen molar-refractivity contribution in [1.82, 2.24) is 10.2 Å². The molecule has 4 nitrogen and oxygen atoms in total. The van der Waals surface area contributed by atoms with Crippen molar-refractivity contribution in [3.63, 3.8) is 0 Å². The second-order valence-electron chi connectivity index (χ2n) is 4.69. The van der Waals surface area contributed by atoms with E-state index in [1.165, 1.54) is 4.90 Å². The number of halogens is 3. The lowest BCUT2D eigenvalue weighted by molar-refractivity contribution is -0.183. The van der Waals surface area contributed by atoms with Gasteiger partial charge < -0.3 is 15.3 Å². The quantitative estimate of drug-likeness (QED) is 0.717. The van der Waals surface area contributed by atoms with Crippen molar-refractivity contribution in [2.75, 3.05) is 32.8 Å². The molecule has 2 fully saturated rings. The van der Waals surface area contributed by atoms with Gasteiger partial charge in [0.2, 0.25) is 5.91 Å². The van der Waals surface area contributed by atoms with Crippen LogP contribution in [-0.2, 0) is 4.79 Å². The molecule has 17 heavy (non-hydrogen) atoms. The van der Waals surface area contributed by atoms with Gasteiger partial charge in [-0.15, -0.1) is 0 Å². The van der Waals surface area contributed by atoms with Gasteiger partial charge in [0, 0.05) is 38.7 Å². The molecular formula is C10H15F3N2O2. The van der Waals surface area contributed by atoms with E-state index in [0.717, 1.165) is 0 Å². The first-order valence-corrected chi connectivity index (χ1v) is 5.60. The lowest BCUT2D eigenvalue weighted by Crippen LogP contribution is -2.51. The fourth-order valence-corrected chi connectivity index (χ4v) is 2.33. The van der Waals surface area contributed by atoms with Crippen molar-refractivity contribution in [1.29, 1.82) is 0 Å². The molecule has 2 heterocycles. The van der Waals surface area contributed by atoms with Crippen molar-refractivity contribution in [3.05, 3.63) is 0 Å². The predicted molar refractivity (Wildman–Crippen MR) is 53.1 cm³/mol. The fraction of sp³-hybridized carbons (Fsp3) is 0.900. The molecule has 0 aromatic heterocycles. The highest BCUT2D eigenvalue weighted by Crippen LogP contribution is 2.37. The molecular weight excluding hydrogens is 237 g/mol. The minimum absolute atomic E-state index is 0.00993. The highest BCUT2D eigenvalue weighted by Gasteiger charge is 2.51. The third-order valence-corrected chi connectivity index (χ3v) is 3.54. The van der Waals surface area contributed by atoms with Crippen molar-refractivity contribution >= 4 is 5.91 Å². The molecule has 2 saturated heterocycles. The van der Waals surface area contributed by atoms with Crippen molar-refractivity contribution in [2.24, 2.45) is 17.8 Å². The topological polar surface area (TPSA) is 52.6 Å². The number of carbonyl (C=O) groups is 1. The molecule has 0 aromatic rings. The molecule has 2 atom stereocenters. The Hall–Kier alpha value is -0.820. The zero-order valence-corrected chi connectivity index (χ0v) is 9.20. The van der Waals surface area contributed by atoms with Gasteiger partial charge in [-0.25, -0.2) is 0 Å². The average molecular weight is 252 g/mol. The van der Waals surface area contributed by atoms with E-state index in [9.17, 15) is 18.0 Å². The van der Waals surface area contributed by atoms with E-state index in [-0.39, 0.29) is 24.9 Å². The van der Waals surface area contributed by atoms with Crippen LogP contribution in [0.5, 0.6) is 0 Å². The first-order chi connectivity index (χ1) is 7.93. The van der Waals surface area contributed by atoms with Gasteiger partial charge in [-0.3, -0.25) is 4.79 Å². The van der Waals surface area contributed by atoms with Gasteiger partial charge in [-0.05, 0) is 0 Å². The maximum atomic E-state index is 12.7. The monoisotopic (exact) mass is 252 g/mol. The van der Waals surface area contributed by atoms with Crippen LogP contribution in [0.2, 0.25) is 0 Å². The molecule has 0 aromatic carbocycles. The molecule has 0 radical (unpaired) electrons. The number of hydrogen-bond donors (Lipinski definition) is 2. The van der Waals surface area contributed by atoms with E-state index < -0.39 is 24.6 Å². The zero-order chi connectivity index (χ0) is 12.6. The number of hydrogen-bond acceptors (Lipinski definition) is 3. The maximum absolute atomic E-state index is 12.7. The minimum Gasteiger partial charge on any atom is -0.396 e. The lowest BCUT2D eigenvalue weighted by Gasteiger charge is -2.30. The summed E-state index contributed by atoms with van der Waals surface area (Å²) in [5.41, 5.74) is 0. The second-order valence-corrected chi connectivity index (χ2v) is 4.69. The number of aliphatic hydroxyl groups excluding tert-OH is 1. The van der Waals surface area contributed by atoms with Crippen molar-refractivity contribution in [2.45, 2.75) is 6.18 Å². The summed E-state index contributed by atoms with van der Waals surface area (Å²) in [4.78, 5) is 13.0. The molecule has 0 aliphatic carbocycles. The van der Waals surface area contributed by atoms with Gasteiger partial charge in [0.25, 0.3) is 0 Å². The summed E-state index contributed by atoms with van der Waals surface area (Å²) in [6.45, 7) is 0.239. The third-order valence-electron chi connectivity index (χ3n) is 3.54. The number of nitrogens with one attached hydrogen (secondary N) is 1. The summed E-state index contributed by atoms with van der Waals surface area (Å²) in [7, 11) is 0. The summed E-state index contributed by atoms with van der Waals surface area (Å²) in [6.07, 6.45) is -4.35. The van der Waals surface area contributed by atoms with Gasteiger partial charge in [0.1, 0.15) is 0 Å². The van der Waals surface area contributed by atoms with E-state index in [1.807, 2.05) is 0 Å². The summed E-state index contributed by atoms with van der Waals surface area (Å²) < 4.78 is 38.0. The van der Waals surface area contributed by atoms with Crippen LogP contribution in [0.1, 0.15) is 0 Å². The van der Waals surface area contributed by atoms with Crippen molar-refractivity contribution < 1.29 is 23.1 Å². The first-order valence-electron chi connectivity index (χ1n) is 5.60. The minimum atomic E-state index is -4.35. The summed E-state index contributed by atoms with van der Waals surface area (Å²) in [6, 6.07) is 0. The Bertz CT molecular complexity index is 304. The van der Waals surface area contributed by atoms with Crippen LogP contribution in [0.15, 0.2) is 0 Å². The normalized spacial score (nSPS) is 30.5. The Morgan fingerprint density at radius 2 is 2.00 bits per heavy atom. The number of likely N-dealkylation sites (tertiary alicyclic amines) is 1. The number of amides is 1. The molecule has 7 heteroatoms. The smallest absolute Gasteiger partial charge is 0.393 e. The number of rotatable bonds is 2. The van der Waals surface area contributed by atoms with Gasteiger partial charge in [-0.1, -0.05) is 0 Å². The van der Waals surface area contributed by atoms with Gasteiger partial charge in [0.15, 0.2) is 0 Å². The Kier molecular flexibility index (Phi) is 3.31. The Morgan fingerprint density at radius 1 is 1.35 bits per heavy atom. The van der Waals surface area contributed by atoms with Crippen molar-refractivity contribution in [3.8, 4) is 0 Å². The van der Waals surface area contributed by atoms with Crippen LogP contribution in [0, 0.1) is 17.8 Å². The molecule has 2 unspecified atom stereocenters. The van der Waals surface area contributed by atoms with Gasteiger partial charge in [-0.2, -0.15) is 13.2 Å². The lowest BCUT2D eigenvalue weighted by atomic mass is 9.97.